The molecule has 0 spiro atoms. The summed E-state index contributed by atoms with van der Waals surface area (Å²) < 4.78 is 78.2. The maximum absolute atomic E-state index is 14.0. The summed E-state index contributed by atoms with van der Waals surface area (Å²) in [6.45, 7) is 1.40. The molecule has 3 rings (SSSR count). The summed E-state index contributed by atoms with van der Waals surface area (Å²) in [4.78, 5) is 39.6. The van der Waals surface area contributed by atoms with Crippen molar-refractivity contribution in [3.63, 3.8) is 0 Å². The molecule has 3 aromatic rings. The minimum atomic E-state index is -5.16. The van der Waals surface area contributed by atoms with E-state index >= 15 is 0 Å². The van der Waals surface area contributed by atoms with Crippen LogP contribution in [0.3, 0.4) is 0 Å². The van der Waals surface area contributed by atoms with Gasteiger partial charge in [-0.1, -0.05) is 97.9 Å². The van der Waals surface area contributed by atoms with E-state index in [9.17, 15) is 39.6 Å². The standard InChI is InChI=1S/C30H34N2O9S3/c1-3-26(27(33)28(34)31-19-23-13-7-4-8-14-23)32-29(35)30(42(2,36)37,44(40,41)21-25-17-11-6-12-18-25)22-43(38,39)20-24-15-9-5-10-16-24/h4-18,26H,3,19-22H2,1-2H3,(H,31,34)(H,32,35)/t26-,30?/m0/s1. The number of hydrogen-bond acceptors (Lipinski definition) is 9. The number of carbonyl (C=O) groups excluding carboxylic acids is 3. The summed E-state index contributed by atoms with van der Waals surface area (Å²) in [5, 5.41) is 4.51. The number of benzene rings is 3. The van der Waals surface area contributed by atoms with E-state index in [2.05, 4.69) is 10.6 Å². The van der Waals surface area contributed by atoms with E-state index in [1.165, 1.54) is 43.3 Å². The molecule has 0 aromatic heterocycles. The predicted octanol–water partition coefficient (Wildman–Crippen LogP) is 1.74. The van der Waals surface area contributed by atoms with Gasteiger partial charge in [-0.05, 0) is 23.1 Å². The van der Waals surface area contributed by atoms with Crippen LogP contribution in [0.1, 0.15) is 30.0 Å². The monoisotopic (exact) mass is 662 g/mol. The van der Waals surface area contributed by atoms with E-state index in [0.29, 0.717) is 11.8 Å². The van der Waals surface area contributed by atoms with Crippen molar-refractivity contribution in [2.75, 3.05) is 12.0 Å². The van der Waals surface area contributed by atoms with E-state index in [1.54, 1.807) is 54.6 Å². The second-order valence-electron chi connectivity index (χ2n) is 10.3. The Morgan fingerprint density at radius 2 is 1.16 bits per heavy atom. The topological polar surface area (TPSA) is 178 Å². The van der Waals surface area contributed by atoms with Crippen LogP contribution in [-0.2, 0) is 61.9 Å². The summed E-state index contributed by atoms with van der Waals surface area (Å²) in [5.41, 5.74) is 1.03. The first-order valence-corrected chi connectivity index (χ1v) is 18.9. The number of sulfone groups is 3. The number of amides is 2. The number of Topliss-reactive ketones (excluding diaryl/α,β-unsaturated/α-hetero) is 1. The second-order valence-corrected chi connectivity index (χ2v) is 17.0. The lowest BCUT2D eigenvalue weighted by atomic mass is 10.1. The fourth-order valence-corrected chi connectivity index (χ4v) is 12.3. The molecule has 44 heavy (non-hydrogen) atoms. The molecule has 0 aliphatic rings. The molecule has 14 heteroatoms. The van der Waals surface area contributed by atoms with Gasteiger partial charge < -0.3 is 10.6 Å². The Kier molecular flexibility index (Phi) is 11.2. The number of nitrogens with one attached hydrogen (secondary N) is 2. The van der Waals surface area contributed by atoms with Crippen LogP contribution in [0.25, 0.3) is 0 Å². The maximum Gasteiger partial charge on any atom is 0.289 e. The molecule has 0 bridgehead atoms. The fourth-order valence-electron chi connectivity index (χ4n) is 4.53. The Morgan fingerprint density at radius 1 is 0.705 bits per heavy atom. The van der Waals surface area contributed by atoms with E-state index in [0.717, 1.165) is 0 Å². The van der Waals surface area contributed by atoms with Crippen molar-refractivity contribution < 1.29 is 39.6 Å². The first-order valence-electron chi connectivity index (χ1n) is 13.5. The summed E-state index contributed by atoms with van der Waals surface area (Å²) in [6.07, 6.45) is 0.237. The third-order valence-electron chi connectivity index (χ3n) is 6.84. The Balaban J connectivity index is 2.03. The highest BCUT2D eigenvalue weighted by Gasteiger charge is 2.61. The number of carbonyl (C=O) groups is 3. The van der Waals surface area contributed by atoms with Crippen LogP contribution in [0.4, 0.5) is 0 Å². The molecule has 0 aliphatic heterocycles. The number of hydrogen-bond donors (Lipinski definition) is 2. The van der Waals surface area contributed by atoms with Gasteiger partial charge in [0.15, 0.2) is 29.5 Å². The summed E-state index contributed by atoms with van der Waals surface area (Å²) in [6, 6.07) is 22.0. The van der Waals surface area contributed by atoms with Crippen molar-refractivity contribution in [3.05, 3.63) is 108 Å². The molecule has 2 amide bonds. The smallest absolute Gasteiger partial charge is 0.289 e. The van der Waals surface area contributed by atoms with Crippen LogP contribution in [-0.4, -0.2) is 65.0 Å². The van der Waals surface area contributed by atoms with Gasteiger partial charge in [0.1, 0.15) is 0 Å². The van der Waals surface area contributed by atoms with Crippen molar-refractivity contribution in [2.45, 2.75) is 41.5 Å². The van der Waals surface area contributed by atoms with Crippen LogP contribution >= 0.6 is 0 Å². The lowest BCUT2D eigenvalue weighted by molar-refractivity contribution is -0.140. The highest BCUT2D eigenvalue weighted by molar-refractivity contribution is 8.12. The molecule has 1 unspecified atom stereocenters. The zero-order chi connectivity index (χ0) is 32.6. The Labute approximate surface area is 257 Å². The van der Waals surface area contributed by atoms with Gasteiger partial charge >= 0.3 is 0 Å². The molecule has 236 valence electrons. The summed E-state index contributed by atoms with van der Waals surface area (Å²) in [7, 11) is -14.8. The first-order chi connectivity index (χ1) is 20.6. The number of ketones is 1. The highest BCUT2D eigenvalue weighted by Crippen LogP contribution is 2.32. The van der Waals surface area contributed by atoms with Crippen molar-refractivity contribution in [2.24, 2.45) is 0 Å². The minimum absolute atomic E-state index is 0.0216. The van der Waals surface area contributed by atoms with Crippen LogP contribution in [0.15, 0.2) is 91.0 Å². The molecule has 0 heterocycles. The van der Waals surface area contributed by atoms with Gasteiger partial charge in [0, 0.05) is 12.8 Å². The molecular formula is C30H34N2O9S3. The van der Waals surface area contributed by atoms with Crippen molar-refractivity contribution in [1.82, 2.24) is 10.6 Å². The molecule has 2 atom stereocenters. The van der Waals surface area contributed by atoms with Crippen molar-refractivity contribution in [1.29, 1.82) is 0 Å². The lowest BCUT2D eigenvalue weighted by Crippen LogP contribution is -2.64. The second kappa shape index (κ2) is 14.3. The summed E-state index contributed by atoms with van der Waals surface area (Å²) in [5.74, 6) is -7.35. The SMILES string of the molecule is CC[C@H](NC(=O)C(CS(=O)(=O)Cc1ccccc1)(S(C)(=O)=O)S(=O)(=O)Cc1ccccc1)C(=O)C(=O)NCc1ccccc1. The number of rotatable bonds is 15. The normalized spacial score (nSPS) is 14.1. The Morgan fingerprint density at radius 3 is 1.61 bits per heavy atom. The average molecular weight is 663 g/mol. The Hall–Kier alpha value is -3.88. The largest absolute Gasteiger partial charge is 0.345 e. The summed E-state index contributed by atoms with van der Waals surface area (Å²) >= 11 is 0. The van der Waals surface area contributed by atoms with Crippen LogP contribution in [0.5, 0.6) is 0 Å². The third-order valence-corrected chi connectivity index (χ3v) is 14.1. The van der Waals surface area contributed by atoms with Gasteiger partial charge in [0.2, 0.25) is 5.78 Å². The van der Waals surface area contributed by atoms with E-state index < -0.39 is 74.5 Å². The molecule has 11 nitrogen and oxygen atoms in total. The van der Waals surface area contributed by atoms with E-state index in [1.807, 2.05) is 0 Å². The quantitative estimate of drug-likeness (QED) is 0.230. The van der Waals surface area contributed by atoms with Crippen LogP contribution in [0.2, 0.25) is 0 Å². The first kappa shape index (κ1) is 34.6. The molecular weight excluding hydrogens is 629 g/mol. The van der Waals surface area contributed by atoms with Crippen LogP contribution in [0, 0.1) is 0 Å². The van der Waals surface area contributed by atoms with Gasteiger partial charge in [-0.2, -0.15) is 0 Å². The van der Waals surface area contributed by atoms with Crippen molar-refractivity contribution in [3.8, 4) is 0 Å². The maximum atomic E-state index is 14.0. The molecule has 0 radical (unpaired) electrons. The zero-order valence-electron chi connectivity index (χ0n) is 24.2. The minimum Gasteiger partial charge on any atom is -0.345 e. The molecule has 0 aliphatic carbocycles. The van der Waals surface area contributed by atoms with Gasteiger partial charge in [-0.25, -0.2) is 25.3 Å². The van der Waals surface area contributed by atoms with Gasteiger partial charge in [-0.3, -0.25) is 14.4 Å². The molecule has 0 fully saturated rings. The van der Waals surface area contributed by atoms with E-state index in [4.69, 9.17) is 0 Å². The van der Waals surface area contributed by atoms with Crippen LogP contribution < -0.4 is 10.6 Å². The van der Waals surface area contributed by atoms with Crippen molar-refractivity contribution >= 4 is 47.1 Å². The Bertz CT molecular complexity index is 1800. The fraction of sp³-hybridized carbons (Fsp3) is 0.300. The molecule has 2 N–H and O–H groups in total. The zero-order valence-corrected chi connectivity index (χ0v) is 26.6. The lowest BCUT2D eigenvalue weighted by Gasteiger charge is -2.31. The predicted molar refractivity (Wildman–Crippen MR) is 166 cm³/mol. The highest BCUT2D eigenvalue weighted by atomic mass is 32.3. The average Bonchev–Trinajstić information content (AvgIpc) is 2.97. The third kappa shape index (κ3) is 8.39. The van der Waals surface area contributed by atoms with Gasteiger partial charge in [0.25, 0.3) is 15.9 Å². The molecule has 0 saturated heterocycles. The molecule has 0 saturated carbocycles. The molecule has 3 aromatic carbocycles. The van der Waals surface area contributed by atoms with E-state index in [-0.39, 0.29) is 24.1 Å². The van der Waals surface area contributed by atoms with Gasteiger partial charge in [0.05, 0.1) is 23.3 Å². The van der Waals surface area contributed by atoms with Gasteiger partial charge in [-0.15, -0.1) is 0 Å².